The number of nitrogens with zero attached hydrogens (tertiary/aromatic N) is 1. The quantitative estimate of drug-likeness (QED) is 0.779. The molecule has 5 nitrogen and oxygen atoms in total. The smallest absolute Gasteiger partial charge is 0.328 e. The zero-order chi connectivity index (χ0) is 15.1. The summed E-state index contributed by atoms with van der Waals surface area (Å²) in [6.45, 7) is 6.84. The Hall–Kier alpha value is -1.78. The van der Waals surface area contributed by atoms with Gasteiger partial charge in [-0.3, -0.25) is 4.79 Å². The fourth-order valence-corrected chi connectivity index (χ4v) is 2.12. The molecular weight excluding hydrogens is 256 g/mol. The molecule has 0 bridgehead atoms. The number of aromatic nitrogens is 1. The molecule has 0 aliphatic carbocycles. The molecule has 1 unspecified atom stereocenters. The number of hydrogen-bond acceptors (Lipinski definition) is 3. The first kappa shape index (κ1) is 16.3. The maximum Gasteiger partial charge on any atom is 0.328 e. The van der Waals surface area contributed by atoms with E-state index in [1.807, 2.05) is 30.7 Å². The van der Waals surface area contributed by atoms with E-state index in [1.54, 1.807) is 6.07 Å². The third kappa shape index (κ3) is 4.40. The van der Waals surface area contributed by atoms with E-state index in [4.69, 9.17) is 4.74 Å². The molecule has 0 aliphatic heterocycles. The summed E-state index contributed by atoms with van der Waals surface area (Å²) >= 11 is 0. The molecule has 0 saturated heterocycles. The van der Waals surface area contributed by atoms with Gasteiger partial charge in [-0.15, -0.1) is 0 Å². The Kier molecular flexibility index (Phi) is 6.28. The zero-order valence-corrected chi connectivity index (χ0v) is 12.7. The summed E-state index contributed by atoms with van der Waals surface area (Å²) in [6, 6.07) is 2.99. The van der Waals surface area contributed by atoms with E-state index in [1.165, 1.54) is 7.11 Å². The molecular formula is C15H24N2O3. The van der Waals surface area contributed by atoms with Crippen LogP contribution < -0.4 is 5.32 Å². The molecule has 1 amide bonds. The van der Waals surface area contributed by atoms with E-state index in [2.05, 4.69) is 12.2 Å². The van der Waals surface area contributed by atoms with Gasteiger partial charge in [0.1, 0.15) is 11.7 Å². The van der Waals surface area contributed by atoms with Crippen LogP contribution in [0.4, 0.5) is 0 Å². The highest BCUT2D eigenvalue weighted by Crippen LogP contribution is 2.09. The molecule has 0 spiro atoms. The van der Waals surface area contributed by atoms with E-state index >= 15 is 0 Å². The van der Waals surface area contributed by atoms with Crippen molar-refractivity contribution in [2.75, 3.05) is 7.11 Å². The molecule has 1 aromatic heterocycles. The van der Waals surface area contributed by atoms with Crippen molar-refractivity contribution < 1.29 is 14.3 Å². The molecule has 20 heavy (non-hydrogen) atoms. The maximum absolute atomic E-state index is 12.3. The van der Waals surface area contributed by atoms with Crippen LogP contribution in [0.15, 0.2) is 18.3 Å². The van der Waals surface area contributed by atoms with Gasteiger partial charge in [0.25, 0.3) is 5.91 Å². The van der Waals surface area contributed by atoms with Gasteiger partial charge in [-0.2, -0.15) is 0 Å². The van der Waals surface area contributed by atoms with Crippen LogP contribution in [0.3, 0.4) is 0 Å². The lowest BCUT2D eigenvalue weighted by molar-refractivity contribution is -0.143. The number of carbonyl (C=O) groups excluding carboxylic acids is 2. The van der Waals surface area contributed by atoms with Gasteiger partial charge in [-0.05, 0) is 30.9 Å². The van der Waals surface area contributed by atoms with Gasteiger partial charge >= 0.3 is 5.97 Å². The van der Waals surface area contributed by atoms with E-state index in [0.717, 1.165) is 13.0 Å². The second-order valence-corrected chi connectivity index (χ2v) is 5.27. The van der Waals surface area contributed by atoms with Crippen LogP contribution in [0.2, 0.25) is 0 Å². The SMILES string of the molecule is CCCn1cccc1C(=O)NC(CC(C)C)C(=O)OC. The van der Waals surface area contributed by atoms with Gasteiger partial charge in [0.2, 0.25) is 0 Å². The molecule has 0 fully saturated rings. The van der Waals surface area contributed by atoms with E-state index in [-0.39, 0.29) is 5.91 Å². The number of aryl methyl sites for hydroxylation is 1. The second-order valence-electron chi connectivity index (χ2n) is 5.27. The molecule has 0 aliphatic rings. The Morgan fingerprint density at radius 3 is 2.65 bits per heavy atom. The van der Waals surface area contributed by atoms with Crippen LogP contribution in [0.25, 0.3) is 0 Å². The Labute approximate surface area is 120 Å². The van der Waals surface area contributed by atoms with Crippen LogP contribution in [-0.4, -0.2) is 29.6 Å². The highest BCUT2D eigenvalue weighted by atomic mass is 16.5. The average Bonchev–Trinajstić information content (AvgIpc) is 2.85. The van der Waals surface area contributed by atoms with Crippen LogP contribution >= 0.6 is 0 Å². The summed E-state index contributed by atoms with van der Waals surface area (Å²) in [5.74, 6) is -0.345. The lowest BCUT2D eigenvalue weighted by atomic mass is 10.0. The lowest BCUT2D eigenvalue weighted by Crippen LogP contribution is -2.43. The first-order chi connectivity index (χ1) is 9.49. The molecule has 5 heteroatoms. The van der Waals surface area contributed by atoms with Crippen molar-refractivity contribution in [1.29, 1.82) is 0 Å². The standard InChI is InChI=1S/C15H24N2O3/c1-5-8-17-9-6-7-13(17)14(18)16-12(10-11(2)3)15(19)20-4/h6-7,9,11-12H,5,8,10H2,1-4H3,(H,16,18). The minimum absolute atomic E-state index is 0.237. The zero-order valence-electron chi connectivity index (χ0n) is 12.7. The lowest BCUT2D eigenvalue weighted by Gasteiger charge is -2.18. The average molecular weight is 280 g/mol. The Morgan fingerprint density at radius 1 is 1.40 bits per heavy atom. The number of rotatable bonds is 7. The van der Waals surface area contributed by atoms with Crippen molar-refractivity contribution in [1.82, 2.24) is 9.88 Å². The number of ether oxygens (including phenoxy) is 1. The van der Waals surface area contributed by atoms with E-state index in [0.29, 0.717) is 18.0 Å². The van der Waals surface area contributed by atoms with Crippen molar-refractivity contribution in [2.24, 2.45) is 5.92 Å². The molecule has 1 N–H and O–H groups in total. The summed E-state index contributed by atoms with van der Waals surface area (Å²) in [5.41, 5.74) is 0.574. The van der Waals surface area contributed by atoms with Crippen LogP contribution in [0, 0.1) is 5.92 Å². The highest BCUT2D eigenvalue weighted by molar-refractivity contribution is 5.95. The predicted molar refractivity (Wildman–Crippen MR) is 77.4 cm³/mol. The third-order valence-corrected chi connectivity index (χ3v) is 3.02. The minimum atomic E-state index is -0.600. The second kappa shape index (κ2) is 7.72. The summed E-state index contributed by atoms with van der Waals surface area (Å²) in [7, 11) is 1.33. The van der Waals surface area contributed by atoms with Gasteiger partial charge in [0, 0.05) is 12.7 Å². The van der Waals surface area contributed by atoms with Crippen LogP contribution in [0.5, 0.6) is 0 Å². The molecule has 0 saturated carbocycles. The Bertz CT molecular complexity index is 452. The molecule has 1 aromatic rings. The number of nitrogens with one attached hydrogen (secondary N) is 1. The first-order valence-corrected chi connectivity index (χ1v) is 7.03. The highest BCUT2D eigenvalue weighted by Gasteiger charge is 2.24. The van der Waals surface area contributed by atoms with E-state index in [9.17, 15) is 9.59 Å². The molecule has 1 heterocycles. The van der Waals surface area contributed by atoms with E-state index < -0.39 is 12.0 Å². The van der Waals surface area contributed by atoms with Gasteiger partial charge < -0.3 is 14.6 Å². The molecule has 1 atom stereocenters. The number of esters is 1. The first-order valence-electron chi connectivity index (χ1n) is 7.03. The van der Waals surface area contributed by atoms with Crippen molar-refractivity contribution in [2.45, 2.75) is 46.2 Å². The van der Waals surface area contributed by atoms with Gasteiger partial charge in [0.05, 0.1) is 7.11 Å². The largest absolute Gasteiger partial charge is 0.467 e. The summed E-state index contributed by atoms with van der Waals surface area (Å²) in [4.78, 5) is 24.0. The van der Waals surface area contributed by atoms with Crippen molar-refractivity contribution in [3.05, 3.63) is 24.0 Å². The topological polar surface area (TPSA) is 60.3 Å². The monoisotopic (exact) mass is 280 g/mol. The van der Waals surface area contributed by atoms with Crippen molar-refractivity contribution in [3.63, 3.8) is 0 Å². The van der Waals surface area contributed by atoms with Gasteiger partial charge in [0.15, 0.2) is 0 Å². The van der Waals surface area contributed by atoms with Gasteiger partial charge in [-0.25, -0.2) is 4.79 Å². The van der Waals surface area contributed by atoms with Crippen molar-refractivity contribution in [3.8, 4) is 0 Å². The summed E-state index contributed by atoms with van der Waals surface area (Å²) < 4.78 is 6.64. The molecule has 0 aromatic carbocycles. The minimum Gasteiger partial charge on any atom is -0.467 e. The van der Waals surface area contributed by atoms with Gasteiger partial charge in [-0.1, -0.05) is 20.8 Å². The molecule has 112 valence electrons. The normalized spacial score (nSPS) is 12.2. The molecule has 1 rings (SSSR count). The summed E-state index contributed by atoms with van der Waals surface area (Å²) in [6.07, 6.45) is 3.38. The number of carbonyl (C=O) groups is 2. The number of hydrogen-bond donors (Lipinski definition) is 1. The summed E-state index contributed by atoms with van der Waals surface area (Å²) in [5, 5.41) is 2.77. The predicted octanol–water partition coefficient (Wildman–Crippen LogP) is 2.22. The Morgan fingerprint density at radius 2 is 2.10 bits per heavy atom. The Balaban J connectivity index is 2.79. The number of methoxy groups -OCH3 is 1. The third-order valence-electron chi connectivity index (χ3n) is 3.02. The van der Waals surface area contributed by atoms with Crippen molar-refractivity contribution >= 4 is 11.9 Å². The fourth-order valence-electron chi connectivity index (χ4n) is 2.12. The maximum atomic E-state index is 12.3. The molecule has 0 radical (unpaired) electrons. The fraction of sp³-hybridized carbons (Fsp3) is 0.600. The van der Waals surface area contributed by atoms with Crippen LogP contribution in [-0.2, 0) is 16.1 Å². The van der Waals surface area contributed by atoms with Crippen LogP contribution in [0.1, 0.15) is 44.1 Å². The number of amides is 1.